The molecule has 0 saturated heterocycles. The Morgan fingerprint density at radius 2 is 1.33 bits per heavy atom. The highest BCUT2D eigenvalue weighted by Crippen LogP contribution is 2.01. The van der Waals surface area contributed by atoms with Gasteiger partial charge in [0.25, 0.3) is 0 Å². The fourth-order valence-corrected chi connectivity index (χ4v) is 2.04. The number of hydrogen-bond acceptors (Lipinski definition) is 4. The van der Waals surface area contributed by atoms with Crippen LogP contribution in [0.25, 0.3) is 0 Å². The highest BCUT2D eigenvalue weighted by Gasteiger charge is 2.15. The number of benzene rings is 1. The first kappa shape index (κ1) is 17.1. The Labute approximate surface area is 112 Å². The second kappa shape index (κ2) is 12.6. The number of rotatable bonds is 7. The van der Waals surface area contributed by atoms with Gasteiger partial charge in [-0.15, -0.1) is 0 Å². The number of anilines is 1. The van der Waals surface area contributed by atoms with E-state index >= 15 is 0 Å². The van der Waals surface area contributed by atoms with Crippen LogP contribution >= 0.6 is 0 Å². The Morgan fingerprint density at radius 1 is 0.889 bits per heavy atom. The van der Waals surface area contributed by atoms with E-state index in [1.807, 2.05) is 58.2 Å². The van der Waals surface area contributed by atoms with Gasteiger partial charge < -0.3 is 18.6 Å². The van der Waals surface area contributed by atoms with Gasteiger partial charge in [0.2, 0.25) is 0 Å². The van der Waals surface area contributed by atoms with Crippen molar-refractivity contribution in [1.82, 2.24) is 0 Å². The SMILES string of the molecule is CCO[Si](OCC)OCC.CNc1ccccc1. The van der Waals surface area contributed by atoms with Crippen LogP contribution < -0.4 is 5.32 Å². The average Bonchev–Trinajstić information content (AvgIpc) is 2.41. The molecule has 0 aromatic heterocycles. The molecule has 0 amide bonds. The third kappa shape index (κ3) is 9.18. The van der Waals surface area contributed by atoms with Crippen LogP contribution in [0.4, 0.5) is 5.69 Å². The summed E-state index contributed by atoms with van der Waals surface area (Å²) < 4.78 is 15.5. The molecule has 0 atom stereocenters. The molecule has 1 aromatic rings. The topological polar surface area (TPSA) is 39.7 Å². The van der Waals surface area contributed by atoms with E-state index in [2.05, 4.69) is 5.32 Å². The van der Waals surface area contributed by atoms with Crippen LogP contribution in [0.5, 0.6) is 0 Å². The summed E-state index contributed by atoms with van der Waals surface area (Å²) in [5.74, 6) is 0. The molecule has 1 N–H and O–H groups in total. The van der Waals surface area contributed by atoms with Crippen molar-refractivity contribution in [2.75, 3.05) is 32.2 Å². The van der Waals surface area contributed by atoms with E-state index in [0.717, 1.165) is 5.69 Å². The minimum atomic E-state index is -1.40. The standard InChI is InChI=1S/C7H9N.C6H15O3Si/c1-8-7-5-3-2-4-6-7;1-4-7-10(8-5-2)9-6-3/h2-6,8H,1H3;4-6H2,1-3H3. The second-order valence-electron chi connectivity index (χ2n) is 3.17. The Balaban J connectivity index is 0.000000327. The molecule has 0 aliphatic rings. The van der Waals surface area contributed by atoms with Gasteiger partial charge in [0.15, 0.2) is 0 Å². The molecule has 0 bridgehead atoms. The number of nitrogens with one attached hydrogen (secondary N) is 1. The van der Waals surface area contributed by atoms with Crippen LogP contribution in [0.2, 0.25) is 0 Å². The van der Waals surface area contributed by atoms with Crippen molar-refractivity contribution in [3.63, 3.8) is 0 Å². The minimum absolute atomic E-state index is 0.661. The van der Waals surface area contributed by atoms with Crippen LogP contribution in [-0.4, -0.2) is 36.4 Å². The van der Waals surface area contributed by atoms with Crippen LogP contribution in [0.1, 0.15) is 20.8 Å². The zero-order chi connectivity index (χ0) is 13.6. The summed E-state index contributed by atoms with van der Waals surface area (Å²) in [5.41, 5.74) is 1.16. The van der Waals surface area contributed by atoms with Crippen molar-refractivity contribution in [3.05, 3.63) is 30.3 Å². The molecule has 1 aromatic carbocycles. The van der Waals surface area contributed by atoms with Crippen molar-refractivity contribution in [2.45, 2.75) is 20.8 Å². The maximum Gasteiger partial charge on any atom is 0.577 e. The molecule has 1 rings (SSSR count). The zero-order valence-corrected chi connectivity index (χ0v) is 12.7. The Kier molecular flexibility index (Phi) is 12.0. The van der Waals surface area contributed by atoms with Crippen molar-refractivity contribution < 1.29 is 13.3 Å². The first-order valence-electron chi connectivity index (χ1n) is 6.26. The summed E-state index contributed by atoms with van der Waals surface area (Å²) in [6.07, 6.45) is 0. The summed E-state index contributed by atoms with van der Waals surface area (Å²) in [7, 11) is 0.515. The third-order valence-electron chi connectivity index (χ3n) is 1.85. The average molecular weight is 270 g/mol. The lowest BCUT2D eigenvalue weighted by Gasteiger charge is -2.10. The summed E-state index contributed by atoms with van der Waals surface area (Å²) in [6.45, 7) is 7.78. The van der Waals surface area contributed by atoms with E-state index in [1.54, 1.807) is 0 Å². The molecule has 0 aliphatic carbocycles. The molecule has 5 heteroatoms. The van der Waals surface area contributed by atoms with E-state index in [1.165, 1.54) is 0 Å². The van der Waals surface area contributed by atoms with Gasteiger partial charge in [-0.05, 0) is 32.9 Å². The van der Waals surface area contributed by atoms with E-state index in [0.29, 0.717) is 19.8 Å². The largest absolute Gasteiger partial charge is 0.577 e. The minimum Gasteiger partial charge on any atom is -0.388 e. The number of hydrogen-bond donors (Lipinski definition) is 1. The zero-order valence-electron chi connectivity index (χ0n) is 11.7. The normalized spacial score (nSPS) is 9.83. The summed E-state index contributed by atoms with van der Waals surface area (Å²) in [6, 6.07) is 10.1. The maximum absolute atomic E-state index is 5.18. The Morgan fingerprint density at radius 3 is 1.61 bits per heavy atom. The monoisotopic (exact) mass is 270 g/mol. The molecule has 0 unspecified atom stereocenters. The van der Waals surface area contributed by atoms with E-state index in [4.69, 9.17) is 13.3 Å². The van der Waals surface area contributed by atoms with Gasteiger partial charge in [-0.3, -0.25) is 0 Å². The summed E-state index contributed by atoms with van der Waals surface area (Å²) in [5, 5.41) is 3.03. The molecule has 1 radical (unpaired) electrons. The fourth-order valence-electron chi connectivity index (χ4n) is 1.08. The maximum atomic E-state index is 5.18. The van der Waals surface area contributed by atoms with Gasteiger partial charge in [-0.1, -0.05) is 18.2 Å². The van der Waals surface area contributed by atoms with Gasteiger partial charge >= 0.3 is 9.53 Å². The van der Waals surface area contributed by atoms with Crippen LogP contribution in [0.3, 0.4) is 0 Å². The molecular formula is C13H24NO3Si. The van der Waals surface area contributed by atoms with Gasteiger partial charge in [0.05, 0.1) is 0 Å². The summed E-state index contributed by atoms with van der Waals surface area (Å²) >= 11 is 0. The quantitative estimate of drug-likeness (QED) is 0.773. The van der Waals surface area contributed by atoms with Crippen LogP contribution in [0.15, 0.2) is 30.3 Å². The van der Waals surface area contributed by atoms with Crippen molar-refractivity contribution in [2.24, 2.45) is 0 Å². The molecule has 0 spiro atoms. The Hall–Kier alpha value is -0.883. The van der Waals surface area contributed by atoms with Crippen LogP contribution in [-0.2, 0) is 13.3 Å². The second-order valence-corrected chi connectivity index (χ2v) is 4.53. The van der Waals surface area contributed by atoms with Crippen LogP contribution in [0, 0.1) is 0 Å². The highest BCUT2D eigenvalue weighted by atomic mass is 28.3. The molecule has 0 fully saturated rings. The molecule has 4 nitrogen and oxygen atoms in total. The van der Waals surface area contributed by atoms with Gasteiger partial charge in [0, 0.05) is 32.6 Å². The van der Waals surface area contributed by atoms with E-state index in [9.17, 15) is 0 Å². The molecule has 0 saturated carbocycles. The lowest BCUT2D eigenvalue weighted by atomic mass is 10.3. The van der Waals surface area contributed by atoms with Gasteiger partial charge in [-0.2, -0.15) is 0 Å². The molecular weight excluding hydrogens is 246 g/mol. The predicted octanol–water partition coefficient (Wildman–Crippen LogP) is 2.81. The first-order chi connectivity index (χ1) is 8.78. The van der Waals surface area contributed by atoms with Crippen molar-refractivity contribution in [3.8, 4) is 0 Å². The predicted molar refractivity (Wildman–Crippen MR) is 76.6 cm³/mol. The van der Waals surface area contributed by atoms with Gasteiger partial charge in [0.1, 0.15) is 0 Å². The molecule has 103 valence electrons. The van der Waals surface area contributed by atoms with Gasteiger partial charge in [-0.25, -0.2) is 0 Å². The lowest BCUT2D eigenvalue weighted by molar-refractivity contribution is 0.107. The Bertz CT molecular complexity index is 258. The summed E-state index contributed by atoms with van der Waals surface area (Å²) in [4.78, 5) is 0. The van der Waals surface area contributed by atoms with E-state index in [-0.39, 0.29) is 0 Å². The fraction of sp³-hybridized carbons (Fsp3) is 0.538. The highest BCUT2D eigenvalue weighted by molar-refractivity contribution is 6.36. The molecule has 0 aliphatic heterocycles. The number of para-hydroxylation sites is 1. The van der Waals surface area contributed by atoms with Crippen molar-refractivity contribution >= 4 is 15.2 Å². The smallest absolute Gasteiger partial charge is 0.388 e. The van der Waals surface area contributed by atoms with Crippen molar-refractivity contribution in [1.29, 1.82) is 0 Å². The first-order valence-corrected chi connectivity index (χ1v) is 7.49. The molecule has 18 heavy (non-hydrogen) atoms. The lowest BCUT2D eigenvalue weighted by Crippen LogP contribution is -2.27. The van der Waals surface area contributed by atoms with E-state index < -0.39 is 9.53 Å². The molecule has 0 heterocycles. The third-order valence-corrected chi connectivity index (χ3v) is 3.42.